The highest BCUT2D eigenvalue weighted by Gasteiger charge is 2.14. The van der Waals surface area contributed by atoms with E-state index in [1.165, 1.54) is 23.3 Å². The van der Waals surface area contributed by atoms with Crippen LogP contribution in [0.3, 0.4) is 0 Å². The normalized spacial score (nSPS) is 11.2. The fourth-order valence-electron chi connectivity index (χ4n) is 2.51. The van der Waals surface area contributed by atoms with Gasteiger partial charge in [-0.1, -0.05) is 41.9 Å². The van der Waals surface area contributed by atoms with Gasteiger partial charge < -0.3 is 5.32 Å². The fourth-order valence-corrected chi connectivity index (χ4v) is 3.87. The molecule has 0 aliphatic rings. The first-order chi connectivity index (χ1) is 12.4. The molecular formula is C20H19ClN2O2S. The van der Waals surface area contributed by atoms with Crippen LogP contribution < -0.4 is 10.0 Å². The highest BCUT2D eigenvalue weighted by Crippen LogP contribution is 2.21. The van der Waals surface area contributed by atoms with E-state index in [-0.39, 0.29) is 4.90 Å². The van der Waals surface area contributed by atoms with Gasteiger partial charge in [0.15, 0.2) is 0 Å². The molecule has 0 bridgehead atoms. The zero-order valence-electron chi connectivity index (χ0n) is 14.2. The number of anilines is 2. The Kier molecular flexibility index (Phi) is 5.49. The van der Waals surface area contributed by atoms with E-state index in [0.717, 1.165) is 5.69 Å². The van der Waals surface area contributed by atoms with Crippen LogP contribution in [0.1, 0.15) is 11.1 Å². The maximum Gasteiger partial charge on any atom is 0.261 e. The number of benzene rings is 3. The molecule has 0 atom stereocenters. The minimum atomic E-state index is -3.66. The summed E-state index contributed by atoms with van der Waals surface area (Å²) in [5.74, 6) is 0. The Morgan fingerprint density at radius 3 is 2.27 bits per heavy atom. The zero-order valence-corrected chi connectivity index (χ0v) is 15.8. The van der Waals surface area contributed by atoms with Crippen molar-refractivity contribution in [3.8, 4) is 0 Å². The van der Waals surface area contributed by atoms with Crippen LogP contribution in [0.2, 0.25) is 5.02 Å². The average Bonchev–Trinajstić information content (AvgIpc) is 2.62. The van der Waals surface area contributed by atoms with Crippen LogP contribution in [-0.2, 0) is 16.6 Å². The summed E-state index contributed by atoms with van der Waals surface area (Å²) in [6, 6.07) is 21.5. The molecule has 0 fully saturated rings. The van der Waals surface area contributed by atoms with E-state index < -0.39 is 10.0 Å². The van der Waals surface area contributed by atoms with E-state index in [1.54, 1.807) is 24.3 Å². The molecule has 2 N–H and O–H groups in total. The second-order valence-corrected chi connectivity index (χ2v) is 8.04. The summed E-state index contributed by atoms with van der Waals surface area (Å²) in [5, 5.41) is 3.71. The van der Waals surface area contributed by atoms with Gasteiger partial charge in [-0.05, 0) is 60.5 Å². The van der Waals surface area contributed by atoms with E-state index in [1.807, 2.05) is 24.3 Å². The third kappa shape index (κ3) is 4.56. The Hall–Kier alpha value is -2.50. The van der Waals surface area contributed by atoms with Gasteiger partial charge in [-0.3, -0.25) is 4.72 Å². The average molecular weight is 387 g/mol. The Morgan fingerprint density at radius 2 is 1.58 bits per heavy atom. The second-order valence-electron chi connectivity index (χ2n) is 5.92. The largest absolute Gasteiger partial charge is 0.381 e. The third-order valence-corrected chi connectivity index (χ3v) is 5.60. The lowest BCUT2D eigenvalue weighted by atomic mass is 10.1. The van der Waals surface area contributed by atoms with Crippen molar-refractivity contribution in [2.45, 2.75) is 18.4 Å². The molecule has 4 nitrogen and oxygen atoms in total. The predicted octanol–water partition coefficient (Wildman–Crippen LogP) is 5.06. The predicted molar refractivity (Wildman–Crippen MR) is 107 cm³/mol. The standard InChI is InChI=1S/C20H19ClN2O2S/c1-15-5-2-3-6-16(15)14-22-18-9-11-19(12-10-18)23-26(24,25)20-8-4-7-17(21)13-20/h2-13,22-23H,14H2,1H3. The Balaban J connectivity index is 1.67. The quantitative estimate of drug-likeness (QED) is 0.622. The van der Waals surface area contributed by atoms with Gasteiger partial charge >= 0.3 is 0 Å². The second kappa shape index (κ2) is 7.81. The number of halogens is 1. The number of aryl methyl sites for hydroxylation is 1. The summed E-state index contributed by atoms with van der Waals surface area (Å²) in [5.41, 5.74) is 3.86. The zero-order chi connectivity index (χ0) is 18.6. The summed E-state index contributed by atoms with van der Waals surface area (Å²) >= 11 is 5.87. The Labute approximate surface area is 158 Å². The van der Waals surface area contributed by atoms with Crippen molar-refractivity contribution in [3.05, 3.63) is 88.9 Å². The molecule has 6 heteroatoms. The van der Waals surface area contributed by atoms with Gasteiger partial charge in [-0.15, -0.1) is 0 Å². The maximum atomic E-state index is 12.4. The summed E-state index contributed by atoms with van der Waals surface area (Å²) < 4.78 is 27.4. The van der Waals surface area contributed by atoms with Crippen LogP contribution in [0, 0.1) is 6.92 Å². The fraction of sp³-hybridized carbons (Fsp3) is 0.100. The molecule has 0 aromatic heterocycles. The highest BCUT2D eigenvalue weighted by molar-refractivity contribution is 7.92. The first-order valence-electron chi connectivity index (χ1n) is 8.11. The number of nitrogens with one attached hydrogen (secondary N) is 2. The van der Waals surface area contributed by atoms with Gasteiger partial charge in [-0.25, -0.2) is 8.42 Å². The molecule has 3 rings (SSSR count). The van der Waals surface area contributed by atoms with E-state index in [2.05, 4.69) is 29.1 Å². The SMILES string of the molecule is Cc1ccccc1CNc1ccc(NS(=O)(=O)c2cccc(Cl)c2)cc1. The molecule has 0 spiro atoms. The monoisotopic (exact) mass is 386 g/mol. The maximum absolute atomic E-state index is 12.4. The molecule has 26 heavy (non-hydrogen) atoms. The smallest absolute Gasteiger partial charge is 0.261 e. The number of sulfonamides is 1. The van der Waals surface area contributed by atoms with Gasteiger partial charge in [0.25, 0.3) is 10.0 Å². The summed E-state index contributed by atoms with van der Waals surface area (Å²) in [6.07, 6.45) is 0. The minimum absolute atomic E-state index is 0.131. The van der Waals surface area contributed by atoms with E-state index in [0.29, 0.717) is 17.3 Å². The lowest BCUT2D eigenvalue weighted by Gasteiger charge is -2.11. The lowest BCUT2D eigenvalue weighted by molar-refractivity contribution is 0.601. The van der Waals surface area contributed by atoms with Crippen molar-refractivity contribution in [1.29, 1.82) is 0 Å². The molecular weight excluding hydrogens is 368 g/mol. The molecule has 0 aliphatic heterocycles. The molecule has 0 amide bonds. The Bertz CT molecular complexity index is 1000. The summed E-state index contributed by atoms with van der Waals surface area (Å²) in [7, 11) is -3.66. The molecule has 0 heterocycles. The van der Waals surface area contributed by atoms with Gasteiger partial charge in [0.05, 0.1) is 4.90 Å². The molecule has 3 aromatic carbocycles. The van der Waals surface area contributed by atoms with Crippen LogP contribution in [0.4, 0.5) is 11.4 Å². The van der Waals surface area contributed by atoms with Crippen LogP contribution >= 0.6 is 11.6 Å². The first-order valence-corrected chi connectivity index (χ1v) is 9.97. The van der Waals surface area contributed by atoms with Crippen molar-refractivity contribution in [3.63, 3.8) is 0 Å². The molecule has 0 radical (unpaired) electrons. The molecule has 0 aliphatic carbocycles. The van der Waals surface area contributed by atoms with Crippen LogP contribution in [-0.4, -0.2) is 8.42 Å². The van der Waals surface area contributed by atoms with E-state index in [4.69, 9.17) is 11.6 Å². The lowest BCUT2D eigenvalue weighted by Crippen LogP contribution is -2.12. The van der Waals surface area contributed by atoms with Crippen molar-refractivity contribution < 1.29 is 8.42 Å². The number of hydrogen-bond donors (Lipinski definition) is 2. The van der Waals surface area contributed by atoms with Gasteiger partial charge in [0.1, 0.15) is 0 Å². The molecule has 0 unspecified atom stereocenters. The third-order valence-electron chi connectivity index (χ3n) is 3.99. The van der Waals surface area contributed by atoms with Crippen molar-refractivity contribution in [1.82, 2.24) is 0 Å². The number of rotatable bonds is 6. The van der Waals surface area contributed by atoms with Gasteiger partial charge in [0, 0.05) is 22.9 Å². The molecule has 0 saturated heterocycles. The first kappa shape index (κ1) is 18.3. The summed E-state index contributed by atoms with van der Waals surface area (Å²) in [4.78, 5) is 0.131. The van der Waals surface area contributed by atoms with Crippen LogP contribution in [0.5, 0.6) is 0 Å². The van der Waals surface area contributed by atoms with Gasteiger partial charge in [0.2, 0.25) is 0 Å². The van der Waals surface area contributed by atoms with E-state index in [9.17, 15) is 8.42 Å². The van der Waals surface area contributed by atoms with E-state index >= 15 is 0 Å². The van der Waals surface area contributed by atoms with Crippen molar-refractivity contribution in [2.24, 2.45) is 0 Å². The molecule has 3 aromatic rings. The number of hydrogen-bond acceptors (Lipinski definition) is 3. The van der Waals surface area contributed by atoms with Crippen LogP contribution in [0.25, 0.3) is 0 Å². The molecule has 134 valence electrons. The van der Waals surface area contributed by atoms with Gasteiger partial charge in [-0.2, -0.15) is 0 Å². The Morgan fingerprint density at radius 1 is 0.885 bits per heavy atom. The summed E-state index contributed by atoms with van der Waals surface area (Å²) in [6.45, 7) is 2.78. The topological polar surface area (TPSA) is 58.2 Å². The van der Waals surface area contributed by atoms with Crippen molar-refractivity contribution in [2.75, 3.05) is 10.0 Å². The molecule has 0 saturated carbocycles. The minimum Gasteiger partial charge on any atom is -0.381 e. The van der Waals surface area contributed by atoms with Crippen LogP contribution in [0.15, 0.2) is 77.7 Å². The highest BCUT2D eigenvalue weighted by atomic mass is 35.5. The van der Waals surface area contributed by atoms with Crippen molar-refractivity contribution >= 4 is 33.0 Å².